The number of nitrogens with zero attached hydrogens (tertiary/aromatic N) is 1. The third kappa shape index (κ3) is 3.22. The van der Waals surface area contributed by atoms with Crippen LogP contribution in [0.25, 0.3) is 77.3 Å². The molecule has 0 radical (unpaired) electrons. The van der Waals surface area contributed by atoms with Gasteiger partial charge >= 0.3 is 0 Å². The van der Waals surface area contributed by atoms with E-state index in [4.69, 9.17) is 11.8 Å². The largest absolute Gasteiger partial charge is 0.256 e. The third-order valence-corrected chi connectivity index (χ3v) is 7.56. The Kier molecular flexibility index (Phi) is 3.63. The Morgan fingerprint density at radius 2 is 1.05 bits per heavy atom. The van der Waals surface area contributed by atoms with Crippen LogP contribution in [0.5, 0.6) is 0 Å². The van der Waals surface area contributed by atoms with E-state index >= 15 is 0 Å². The summed E-state index contributed by atoms with van der Waals surface area (Å²) < 4.78 is 40.8. The zero-order chi connectivity index (χ0) is 29.4. The van der Waals surface area contributed by atoms with E-state index in [1.807, 2.05) is 24.4 Å². The molecule has 1 nitrogen and oxygen atoms in total. The van der Waals surface area contributed by atoms with Crippen LogP contribution in [0, 0.1) is 0 Å². The molecule has 7 aromatic rings. The highest BCUT2D eigenvalue weighted by molar-refractivity contribution is 6.17. The molecule has 1 aromatic heterocycles. The van der Waals surface area contributed by atoms with Gasteiger partial charge in [0, 0.05) is 17.1 Å². The Bertz CT molecular complexity index is 2230. The maximum absolute atomic E-state index is 8.38. The van der Waals surface area contributed by atoms with Crippen molar-refractivity contribution in [3.63, 3.8) is 0 Å². The summed E-state index contributed by atoms with van der Waals surface area (Å²) in [5.74, 6) is 0. The van der Waals surface area contributed by atoms with E-state index < -0.39 is 0 Å². The average Bonchev–Trinajstić information content (AvgIpc) is 3.38. The first-order chi connectivity index (χ1) is 20.9. The minimum atomic E-state index is -0.386. The fourth-order valence-corrected chi connectivity index (χ4v) is 5.72. The van der Waals surface area contributed by atoms with E-state index in [0.717, 1.165) is 38.5 Å². The molecule has 0 bridgehead atoms. The minimum absolute atomic E-state index is 0.196. The highest BCUT2D eigenvalue weighted by Gasteiger charge is 2.22. The number of pyridine rings is 1. The van der Waals surface area contributed by atoms with Crippen molar-refractivity contribution in [1.29, 1.82) is 0 Å². The van der Waals surface area contributed by atoms with Crippen LogP contribution in [0.15, 0.2) is 140 Å². The van der Waals surface area contributed by atoms with E-state index in [-0.39, 0.29) is 35.8 Å². The van der Waals surface area contributed by atoms with E-state index in [1.54, 1.807) is 0 Å². The lowest BCUT2D eigenvalue weighted by Crippen LogP contribution is -1.87. The maximum atomic E-state index is 8.38. The number of hydrogen-bond acceptors (Lipinski definition) is 1. The van der Waals surface area contributed by atoms with Crippen LogP contribution in [-0.4, -0.2) is 4.98 Å². The molecule has 0 N–H and O–H groups in total. The first-order valence-corrected chi connectivity index (χ1v) is 12.6. The summed E-state index contributed by atoms with van der Waals surface area (Å²) in [5, 5.41) is 3.15. The predicted octanol–water partition coefficient (Wildman–Crippen LogP) is 10.0. The van der Waals surface area contributed by atoms with Gasteiger partial charge in [0.25, 0.3) is 0 Å². The number of aromatic nitrogens is 1. The van der Waals surface area contributed by atoms with Crippen LogP contribution in [0.3, 0.4) is 0 Å². The average molecular weight is 487 g/mol. The van der Waals surface area contributed by atoms with E-state index in [1.165, 1.54) is 27.6 Å². The standard InChI is InChI=1S/C37H23N/c1-2-6-24(7-3-1)28-16-12-26-13-17-29(23-30(26)22-28)25-10-14-27(15-11-25)31-18-19-34-32-8-4-5-9-33(32)35-20-21-38-37(31)36(34)35/h1-23H/i1D,2D,3D,6D,7D. The van der Waals surface area contributed by atoms with Gasteiger partial charge < -0.3 is 0 Å². The van der Waals surface area contributed by atoms with Gasteiger partial charge in [-0.15, -0.1) is 0 Å². The summed E-state index contributed by atoms with van der Waals surface area (Å²) >= 11 is 0. The second kappa shape index (κ2) is 8.26. The number of hydrogen-bond donors (Lipinski definition) is 0. The number of benzene rings is 6. The highest BCUT2D eigenvalue weighted by atomic mass is 14.7. The van der Waals surface area contributed by atoms with Crippen molar-refractivity contribution in [3.8, 4) is 55.6 Å². The SMILES string of the molecule is [2H]c1c([2H])c([2H])c(-c2ccc3ccc(-c4ccc(-c5ccc6c7c(ccnc57)-c5ccccc5-6)cc4)cc3c2)c([2H])c1[2H]. The second-order valence-corrected chi connectivity index (χ2v) is 9.64. The molecule has 0 amide bonds. The summed E-state index contributed by atoms with van der Waals surface area (Å²) in [7, 11) is 0. The van der Waals surface area contributed by atoms with Crippen molar-refractivity contribution < 1.29 is 6.85 Å². The summed E-state index contributed by atoms with van der Waals surface area (Å²) in [6.45, 7) is 0. The van der Waals surface area contributed by atoms with Crippen LogP contribution >= 0.6 is 0 Å². The van der Waals surface area contributed by atoms with Gasteiger partial charge in [-0.2, -0.15) is 0 Å². The molecule has 6 aromatic carbocycles. The van der Waals surface area contributed by atoms with Gasteiger partial charge in [0.2, 0.25) is 0 Å². The summed E-state index contributed by atoms with van der Waals surface area (Å²) in [4.78, 5) is 4.82. The van der Waals surface area contributed by atoms with Gasteiger partial charge in [-0.05, 0) is 79.0 Å². The summed E-state index contributed by atoms with van der Waals surface area (Å²) in [6.07, 6.45) is 1.90. The molecule has 0 aliphatic heterocycles. The van der Waals surface area contributed by atoms with Crippen molar-refractivity contribution in [2.45, 2.75) is 0 Å². The minimum Gasteiger partial charge on any atom is -0.256 e. The molecule has 1 heteroatoms. The van der Waals surface area contributed by atoms with Crippen LogP contribution in [0.4, 0.5) is 0 Å². The molecule has 1 heterocycles. The molecule has 0 atom stereocenters. The normalized spacial score (nSPS) is 13.5. The molecule has 0 fully saturated rings. The Morgan fingerprint density at radius 3 is 1.79 bits per heavy atom. The van der Waals surface area contributed by atoms with Crippen molar-refractivity contribution in [1.82, 2.24) is 4.98 Å². The van der Waals surface area contributed by atoms with Gasteiger partial charge in [-0.25, -0.2) is 0 Å². The quantitative estimate of drug-likeness (QED) is 0.242. The van der Waals surface area contributed by atoms with Gasteiger partial charge in [0.05, 0.1) is 12.4 Å². The molecular formula is C37H23N. The molecule has 1 aliphatic rings. The Morgan fingerprint density at radius 1 is 0.447 bits per heavy atom. The van der Waals surface area contributed by atoms with Gasteiger partial charge in [-0.1, -0.05) is 115 Å². The molecule has 8 rings (SSSR count). The predicted molar refractivity (Wildman–Crippen MR) is 160 cm³/mol. The highest BCUT2D eigenvalue weighted by Crippen LogP contribution is 2.48. The van der Waals surface area contributed by atoms with Crippen LogP contribution in [-0.2, 0) is 0 Å². The first kappa shape index (κ1) is 16.7. The number of fused-ring (bicyclic) bond motifs is 4. The van der Waals surface area contributed by atoms with Crippen molar-refractivity contribution in [2.75, 3.05) is 0 Å². The van der Waals surface area contributed by atoms with Crippen LogP contribution in [0.1, 0.15) is 6.85 Å². The van der Waals surface area contributed by atoms with Gasteiger partial charge in [0.15, 0.2) is 0 Å². The van der Waals surface area contributed by atoms with E-state index in [0.29, 0.717) is 5.56 Å². The first-order valence-electron chi connectivity index (χ1n) is 15.1. The molecule has 0 spiro atoms. The molecular weight excluding hydrogens is 458 g/mol. The number of rotatable bonds is 3. The smallest absolute Gasteiger partial charge is 0.0792 e. The van der Waals surface area contributed by atoms with Gasteiger partial charge in [0.1, 0.15) is 0 Å². The van der Waals surface area contributed by atoms with Crippen LogP contribution < -0.4 is 0 Å². The molecule has 0 saturated carbocycles. The van der Waals surface area contributed by atoms with E-state index in [9.17, 15) is 0 Å². The third-order valence-electron chi connectivity index (χ3n) is 7.56. The molecule has 176 valence electrons. The molecule has 38 heavy (non-hydrogen) atoms. The second-order valence-electron chi connectivity index (χ2n) is 9.64. The summed E-state index contributed by atoms with van der Waals surface area (Å²) in [6, 6.07) is 33.9. The lowest BCUT2D eigenvalue weighted by molar-refractivity contribution is 1.42. The Balaban J connectivity index is 1.18. The van der Waals surface area contributed by atoms with Gasteiger partial charge in [-0.3, -0.25) is 4.98 Å². The topological polar surface area (TPSA) is 12.9 Å². The lowest BCUT2D eigenvalue weighted by Gasteiger charge is -2.10. The zero-order valence-electron chi connectivity index (χ0n) is 25.3. The fraction of sp³-hybridized carbons (Fsp3) is 0. The van der Waals surface area contributed by atoms with Crippen LogP contribution in [0.2, 0.25) is 0 Å². The fourth-order valence-electron chi connectivity index (χ4n) is 5.72. The van der Waals surface area contributed by atoms with Crippen molar-refractivity contribution in [3.05, 3.63) is 140 Å². The van der Waals surface area contributed by atoms with Crippen molar-refractivity contribution in [2.24, 2.45) is 0 Å². The molecule has 0 saturated heterocycles. The molecule has 0 unspecified atom stereocenters. The monoisotopic (exact) mass is 486 g/mol. The Hall–Kier alpha value is -5.01. The molecule has 1 aliphatic carbocycles. The summed E-state index contributed by atoms with van der Waals surface area (Å²) in [5.41, 5.74) is 11.1. The van der Waals surface area contributed by atoms with E-state index in [2.05, 4.69) is 84.9 Å². The lowest BCUT2D eigenvalue weighted by atomic mass is 9.95. The van der Waals surface area contributed by atoms with Crippen molar-refractivity contribution >= 4 is 21.7 Å². The zero-order valence-corrected chi connectivity index (χ0v) is 20.3. The maximum Gasteiger partial charge on any atom is 0.0792 e. The Labute approximate surface area is 228 Å².